The zero-order valence-electron chi connectivity index (χ0n) is 35.4. The van der Waals surface area contributed by atoms with Gasteiger partial charge in [0.15, 0.2) is 5.82 Å². The van der Waals surface area contributed by atoms with Crippen molar-refractivity contribution >= 4 is 93.5 Å². The zero-order valence-corrected chi connectivity index (χ0v) is 35.4. The Hall–Kier alpha value is -8.81. The number of aromatic nitrogens is 4. The molecule has 0 spiro atoms. The topological polar surface area (TPSA) is 85.8 Å². The summed E-state index contributed by atoms with van der Waals surface area (Å²) in [5.74, 6) is 1.19. The van der Waals surface area contributed by atoms with Gasteiger partial charge >= 0.3 is 0 Å². The van der Waals surface area contributed by atoms with Crippen LogP contribution in [0.2, 0.25) is 0 Å². The van der Waals surface area contributed by atoms with E-state index in [-0.39, 0.29) is 5.92 Å². The lowest BCUT2D eigenvalue weighted by Crippen LogP contribution is -2.20. The van der Waals surface area contributed by atoms with E-state index in [1.165, 1.54) is 0 Å². The summed E-state index contributed by atoms with van der Waals surface area (Å²) in [6, 6.07) is 61.2. The summed E-state index contributed by atoms with van der Waals surface area (Å²) in [6.07, 6.45) is 9.21. The SMILES string of the molecule is N=C(C1C=CC=CC1)n1c2ccccc2c2cc(-c3ccc4c(c3)c3nc(-c5cccc6oc7ccccc7c56)nc(-c5cccc6oc7ccccc7c56)c3n4-c3ccccc3)ccc21. The van der Waals surface area contributed by atoms with Crippen LogP contribution in [0.15, 0.2) is 209 Å². The van der Waals surface area contributed by atoms with Gasteiger partial charge in [-0.15, -0.1) is 0 Å². The molecule has 0 fully saturated rings. The van der Waals surface area contributed by atoms with E-state index >= 15 is 0 Å². The molecule has 66 heavy (non-hydrogen) atoms. The first kappa shape index (κ1) is 36.7. The molecular weight excluding hydrogens is 811 g/mol. The number of para-hydroxylation sites is 4. The van der Waals surface area contributed by atoms with Gasteiger partial charge in [-0.25, -0.2) is 9.97 Å². The summed E-state index contributed by atoms with van der Waals surface area (Å²) >= 11 is 0. The maximum Gasteiger partial charge on any atom is 0.161 e. The molecule has 8 aromatic carbocycles. The average molecular weight is 848 g/mol. The number of fused-ring (bicyclic) bond motifs is 12. The van der Waals surface area contributed by atoms with E-state index in [1.54, 1.807) is 0 Å². The smallest absolute Gasteiger partial charge is 0.161 e. The molecule has 1 aliphatic rings. The molecular formula is C59H37N5O2. The van der Waals surface area contributed by atoms with Crippen molar-refractivity contribution in [3.8, 4) is 39.5 Å². The standard InChI is InChI=1S/C59H37N5O2/c60-58(35-15-3-1-4-16-35)64-46-24-10-7-19-39(46)44-33-36(29-31-47(44)64)37-30-32-48-45(34-37)56-57(63(48)38-17-5-2-6-18-38)55(42-22-13-27-51-53(42)40-20-8-11-25-49(40)65-51)61-59(62-56)43-23-14-28-52-54(43)41-21-9-12-26-50(41)66-52/h1-15,17-35,60H,16H2. The van der Waals surface area contributed by atoms with Crippen molar-refractivity contribution < 1.29 is 8.83 Å². The van der Waals surface area contributed by atoms with E-state index in [2.05, 4.69) is 161 Å². The lowest BCUT2D eigenvalue weighted by atomic mass is 9.99. The van der Waals surface area contributed by atoms with Crippen molar-refractivity contribution in [2.45, 2.75) is 6.42 Å². The normalized spacial score (nSPS) is 14.1. The number of nitrogens with zero attached hydrogens (tertiary/aromatic N) is 4. The second-order valence-electron chi connectivity index (χ2n) is 17.2. The van der Waals surface area contributed by atoms with Gasteiger partial charge in [0, 0.05) is 60.4 Å². The molecule has 14 rings (SSSR count). The van der Waals surface area contributed by atoms with Crippen LogP contribution >= 0.6 is 0 Å². The summed E-state index contributed by atoms with van der Waals surface area (Å²) in [5.41, 5.74) is 13.9. The molecule has 0 amide bonds. The van der Waals surface area contributed by atoms with Crippen molar-refractivity contribution in [2.75, 3.05) is 0 Å². The Morgan fingerprint density at radius 2 is 1.12 bits per heavy atom. The molecule has 13 aromatic rings. The monoisotopic (exact) mass is 847 g/mol. The van der Waals surface area contributed by atoms with Gasteiger partial charge in [0.2, 0.25) is 0 Å². The minimum Gasteiger partial charge on any atom is -0.456 e. The molecule has 0 saturated heterocycles. The molecule has 1 N–H and O–H groups in total. The maximum absolute atomic E-state index is 9.42. The van der Waals surface area contributed by atoms with Crippen LogP contribution in [0.3, 0.4) is 0 Å². The average Bonchev–Trinajstić information content (AvgIpc) is 4.14. The summed E-state index contributed by atoms with van der Waals surface area (Å²) < 4.78 is 17.4. The molecule has 0 saturated carbocycles. The van der Waals surface area contributed by atoms with Gasteiger partial charge in [-0.05, 0) is 84.3 Å². The second kappa shape index (κ2) is 14.1. The highest BCUT2D eigenvalue weighted by Gasteiger charge is 2.26. The van der Waals surface area contributed by atoms with Crippen LogP contribution in [-0.4, -0.2) is 24.9 Å². The minimum atomic E-state index is 0.00761. The molecule has 1 unspecified atom stereocenters. The summed E-state index contributed by atoms with van der Waals surface area (Å²) in [4.78, 5) is 11.3. The molecule has 5 aromatic heterocycles. The van der Waals surface area contributed by atoms with Gasteiger partial charge in [0.05, 0.1) is 27.8 Å². The number of allylic oxidation sites excluding steroid dienone is 4. The molecule has 1 atom stereocenters. The Kier molecular flexibility index (Phi) is 7.83. The molecule has 0 aliphatic heterocycles. The Labute approximate surface area is 377 Å². The van der Waals surface area contributed by atoms with Gasteiger partial charge in [-0.1, -0.05) is 133 Å². The lowest BCUT2D eigenvalue weighted by Gasteiger charge is -2.17. The van der Waals surface area contributed by atoms with E-state index in [1.807, 2.05) is 48.5 Å². The van der Waals surface area contributed by atoms with Crippen molar-refractivity contribution in [3.05, 3.63) is 200 Å². The predicted octanol–water partition coefficient (Wildman–Crippen LogP) is 15.4. The number of rotatable bonds is 5. The van der Waals surface area contributed by atoms with Crippen LogP contribution in [0.1, 0.15) is 6.42 Å². The maximum atomic E-state index is 9.42. The highest BCUT2D eigenvalue weighted by atomic mass is 16.3. The number of furan rings is 2. The van der Waals surface area contributed by atoms with Crippen LogP contribution in [0.4, 0.5) is 0 Å². The minimum absolute atomic E-state index is 0.00761. The predicted molar refractivity (Wildman–Crippen MR) is 270 cm³/mol. The zero-order chi connectivity index (χ0) is 43.5. The Morgan fingerprint density at radius 1 is 0.515 bits per heavy atom. The Bertz CT molecular complexity index is 4240. The van der Waals surface area contributed by atoms with Gasteiger partial charge in [-0.3, -0.25) is 9.98 Å². The van der Waals surface area contributed by atoms with Crippen LogP contribution in [0.25, 0.3) is 127 Å². The van der Waals surface area contributed by atoms with Crippen molar-refractivity contribution in [1.82, 2.24) is 19.1 Å². The molecule has 310 valence electrons. The largest absolute Gasteiger partial charge is 0.456 e. The number of nitrogens with one attached hydrogen (secondary N) is 1. The summed E-state index contributed by atoms with van der Waals surface area (Å²) in [5, 5.41) is 16.7. The van der Waals surface area contributed by atoms with E-state index < -0.39 is 0 Å². The van der Waals surface area contributed by atoms with E-state index in [9.17, 15) is 5.41 Å². The quantitative estimate of drug-likeness (QED) is 0.138. The van der Waals surface area contributed by atoms with E-state index in [0.717, 1.165) is 128 Å². The third-order valence-electron chi connectivity index (χ3n) is 13.5. The van der Waals surface area contributed by atoms with Crippen molar-refractivity contribution in [2.24, 2.45) is 5.92 Å². The fourth-order valence-electron chi connectivity index (χ4n) is 10.5. The van der Waals surface area contributed by atoms with Crippen LogP contribution in [-0.2, 0) is 0 Å². The molecule has 0 bridgehead atoms. The molecule has 0 radical (unpaired) electrons. The van der Waals surface area contributed by atoms with Gasteiger partial charge in [-0.2, -0.15) is 0 Å². The van der Waals surface area contributed by atoms with Gasteiger partial charge in [0.25, 0.3) is 0 Å². The Balaban J connectivity index is 1.07. The highest BCUT2D eigenvalue weighted by Crippen LogP contribution is 2.45. The first-order valence-corrected chi connectivity index (χ1v) is 22.3. The van der Waals surface area contributed by atoms with Crippen molar-refractivity contribution in [3.63, 3.8) is 0 Å². The van der Waals surface area contributed by atoms with Crippen LogP contribution in [0, 0.1) is 11.3 Å². The number of hydrogen-bond acceptors (Lipinski definition) is 5. The first-order chi connectivity index (χ1) is 32.7. The highest BCUT2D eigenvalue weighted by molar-refractivity contribution is 6.20. The molecule has 7 nitrogen and oxygen atoms in total. The van der Waals surface area contributed by atoms with E-state index in [4.69, 9.17) is 18.8 Å². The first-order valence-electron chi connectivity index (χ1n) is 22.3. The fourth-order valence-corrected chi connectivity index (χ4v) is 10.5. The fraction of sp³-hybridized carbons (Fsp3) is 0.0339. The van der Waals surface area contributed by atoms with Crippen molar-refractivity contribution in [1.29, 1.82) is 5.41 Å². The molecule has 5 heterocycles. The van der Waals surface area contributed by atoms with Gasteiger partial charge < -0.3 is 13.4 Å². The summed E-state index contributed by atoms with van der Waals surface area (Å²) in [7, 11) is 0. The molecule has 1 aliphatic carbocycles. The Morgan fingerprint density at radius 3 is 1.85 bits per heavy atom. The lowest BCUT2D eigenvalue weighted by molar-refractivity contribution is 0.668. The molecule has 7 heteroatoms. The van der Waals surface area contributed by atoms with Crippen LogP contribution in [0.5, 0.6) is 0 Å². The summed E-state index contributed by atoms with van der Waals surface area (Å²) in [6.45, 7) is 0. The second-order valence-corrected chi connectivity index (χ2v) is 17.2. The van der Waals surface area contributed by atoms with Gasteiger partial charge in [0.1, 0.15) is 33.7 Å². The number of benzene rings is 8. The number of hydrogen-bond donors (Lipinski definition) is 1. The van der Waals surface area contributed by atoms with Crippen LogP contribution < -0.4 is 0 Å². The third-order valence-corrected chi connectivity index (χ3v) is 13.5. The van der Waals surface area contributed by atoms with E-state index in [0.29, 0.717) is 11.7 Å². The third kappa shape index (κ3) is 5.34.